The molecule has 0 aliphatic carbocycles. The average Bonchev–Trinajstić information content (AvgIpc) is 2.61. The number of carbonyl (C=O) groups excluding carboxylic acids is 1. The van der Waals surface area contributed by atoms with E-state index in [1.165, 1.54) is 12.1 Å². The quantitative estimate of drug-likeness (QED) is 0.271. The van der Waals surface area contributed by atoms with Crippen molar-refractivity contribution in [1.29, 1.82) is 0 Å². The summed E-state index contributed by atoms with van der Waals surface area (Å²) in [6, 6.07) is 15.4. The number of amides is 1. The molecule has 0 heterocycles. The Hall–Kier alpha value is -2.16. The fraction of sp³-hybridized carbons (Fsp3) is 0.222. The number of nitrogens with one attached hydrogen (secondary N) is 3. The maximum Gasteiger partial charge on any atom is 0.251 e. The third kappa shape index (κ3) is 7.51. The Bertz CT molecular complexity index is 694. The number of benzene rings is 2. The molecule has 134 valence electrons. The Morgan fingerprint density at radius 2 is 1.72 bits per heavy atom. The monoisotopic (exact) mass is 456 g/mol. The largest absolute Gasteiger partial charge is 0.355 e. The Morgan fingerprint density at radius 3 is 2.40 bits per heavy atom. The summed E-state index contributed by atoms with van der Waals surface area (Å²) < 4.78 is 13.1. The molecule has 0 aliphatic rings. The third-order valence-corrected chi connectivity index (χ3v) is 3.31. The van der Waals surface area contributed by atoms with Crippen molar-refractivity contribution in [2.45, 2.75) is 6.54 Å². The van der Waals surface area contributed by atoms with Gasteiger partial charge in [0.2, 0.25) is 0 Å². The van der Waals surface area contributed by atoms with Gasteiger partial charge in [-0.25, -0.2) is 4.39 Å². The van der Waals surface area contributed by atoms with Crippen LogP contribution in [0.3, 0.4) is 0 Å². The Labute approximate surface area is 164 Å². The summed E-state index contributed by atoms with van der Waals surface area (Å²) in [4.78, 5) is 16.0. The van der Waals surface area contributed by atoms with Gasteiger partial charge in [-0.3, -0.25) is 9.79 Å². The minimum absolute atomic E-state index is 0. The molecule has 0 bridgehead atoms. The van der Waals surface area contributed by atoms with E-state index in [2.05, 4.69) is 20.9 Å². The number of nitrogens with zero attached hydrogens (tertiary/aromatic N) is 1. The van der Waals surface area contributed by atoms with Crippen molar-refractivity contribution in [2.24, 2.45) is 4.99 Å². The van der Waals surface area contributed by atoms with Crippen molar-refractivity contribution in [3.63, 3.8) is 0 Å². The molecule has 0 aliphatic heterocycles. The van der Waals surface area contributed by atoms with Crippen LogP contribution < -0.4 is 16.0 Å². The van der Waals surface area contributed by atoms with E-state index in [4.69, 9.17) is 0 Å². The first kappa shape index (κ1) is 20.9. The third-order valence-electron chi connectivity index (χ3n) is 3.31. The summed E-state index contributed by atoms with van der Waals surface area (Å²) in [5, 5.41) is 9.01. The van der Waals surface area contributed by atoms with Gasteiger partial charge in [-0.2, -0.15) is 0 Å². The molecule has 0 radical (unpaired) electrons. The average molecular weight is 456 g/mol. The SMILES string of the molecule is CN=C(NCCNC(=O)c1ccccc1)NCc1cccc(F)c1.I. The number of rotatable bonds is 6. The summed E-state index contributed by atoms with van der Waals surface area (Å²) >= 11 is 0. The minimum atomic E-state index is -0.263. The highest BCUT2D eigenvalue weighted by molar-refractivity contribution is 14.0. The minimum Gasteiger partial charge on any atom is -0.355 e. The molecular weight excluding hydrogens is 434 g/mol. The van der Waals surface area contributed by atoms with E-state index in [-0.39, 0.29) is 35.7 Å². The zero-order valence-corrected chi connectivity index (χ0v) is 16.3. The standard InChI is InChI=1S/C18H21FN4O.HI/c1-20-18(23-13-14-6-5-9-16(19)12-14)22-11-10-21-17(24)15-7-3-2-4-8-15;/h2-9,12H,10-11,13H2,1H3,(H,21,24)(H2,20,22,23);1H. The van der Waals surface area contributed by atoms with Crippen molar-refractivity contribution in [2.75, 3.05) is 20.1 Å². The number of hydrogen-bond donors (Lipinski definition) is 3. The molecule has 0 aromatic heterocycles. The van der Waals surface area contributed by atoms with Gasteiger partial charge in [0.1, 0.15) is 5.82 Å². The zero-order chi connectivity index (χ0) is 17.2. The van der Waals surface area contributed by atoms with Crippen molar-refractivity contribution >= 4 is 35.8 Å². The molecule has 2 rings (SSSR count). The van der Waals surface area contributed by atoms with Gasteiger partial charge in [0.25, 0.3) is 5.91 Å². The first-order chi connectivity index (χ1) is 11.7. The van der Waals surface area contributed by atoms with Gasteiger partial charge in [0.15, 0.2) is 5.96 Å². The van der Waals surface area contributed by atoms with Crippen LogP contribution in [0, 0.1) is 5.82 Å². The van der Waals surface area contributed by atoms with Crippen LogP contribution in [-0.2, 0) is 6.54 Å². The Morgan fingerprint density at radius 1 is 1.00 bits per heavy atom. The lowest BCUT2D eigenvalue weighted by atomic mass is 10.2. The van der Waals surface area contributed by atoms with E-state index in [9.17, 15) is 9.18 Å². The van der Waals surface area contributed by atoms with Gasteiger partial charge in [-0.05, 0) is 29.8 Å². The molecule has 0 saturated heterocycles. The van der Waals surface area contributed by atoms with Gasteiger partial charge in [0, 0.05) is 32.2 Å². The summed E-state index contributed by atoms with van der Waals surface area (Å²) in [5.74, 6) is 0.217. The van der Waals surface area contributed by atoms with Gasteiger partial charge in [-0.1, -0.05) is 30.3 Å². The molecule has 3 N–H and O–H groups in total. The second-order valence-electron chi connectivity index (χ2n) is 5.10. The Balaban J connectivity index is 0.00000312. The fourth-order valence-corrected chi connectivity index (χ4v) is 2.10. The zero-order valence-electron chi connectivity index (χ0n) is 14.0. The summed E-state index contributed by atoms with van der Waals surface area (Å²) in [6.45, 7) is 1.46. The highest BCUT2D eigenvalue weighted by atomic mass is 127. The summed E-state index contributed by atoms with van der Waals surface area (Å²) in [7, 11) is 1.66. The number of carbonyl (C=O) groups is 1. The maximum absolute atomic E-state index is 13.1. The van der Waals surface area contributed by atoms with E-state index in [0.29, 0.717) is 31.2 Å². The summed E-state index contributed by atoms with van der Waals surface area (Å²) in [6.07, 6.45) is 0. The molecule has 0 atom stereocenters. The molecule has 7 heteroatoms. The van der Waals surface area contributed by atoms with E-state index in [1.807, 2.05) is 24.3 Å². The first-order valence-corrected chi connectivity index (χ1v) is 7.71. The molecule has 5 nitrogen and oxygen atoms in total. The van der Waals surface area contributed by atoms with E-state index < -0.39 is 0 Å². The van der Waals surface area contributed by atoms with E-state index in [1.54, 1.807) is 25.2 Å². The number of aliphatic imine (C=N–C) groups is 1. The normalized spacial score (nSPS) is 10.6. The Kier molecular flexibility index (Phi) is 9.53. The van der Waals surface area contributed by atoms with Gasteiger partial charge in [-0.15, -0.1) is 24.0 Å². The fourth-order valence-electron chi connectivity index (χ4n) is 2.10. The topological polar surface area (TPSA) is 65.5 Å². The molecule has 0 unspecified atom stereocenters. The predicted molar refractivity (Wildman–Crippen MR) is 109 cm³/mol. The van der Waals surface area contributed by atoms with Crippen LogP contribution in [0.2, 0.25) is 0 Å². The molecule has 0 fully saturated rings. The smallest absolute Gasteiger partial charge is 0.251 e. The first-order valence-electron chi connectivity index (χ1n) is 7.71. The molecule has 25 heavy (non-hydrogen) atoms. The van der Waals surface area contributed by atoms with Crippen LogP contribution in [0.1, 0.15) is 15.9 Å². The number of guanidine groups is 1. The van der Waals surface area contributed by atoms with Gasteiger partial charge >= 0.3 is 0 Å². The lowest BCUT2D eigenvalue weighted by Gasteiger charge is -2.12. The second kappa shape index (κ2) is 11.4. The van der Waals surface area contributed by atoms with Crippen molar-refractivity contribution in [3.05, 3.63) is 71.5 Å². The summed E-state index contributed by atoms with van der Waals surface area (Å²) in [5.41, 5.74) is 1.46. The van der Waals surface area contributed by atoms with Crippen LogP contribution in [0.25, 0.3) is 0 Å². The van der Waals surface area contributed by atoms with Gasteiger partial charge < -0.3 is 16.0 Å². The van der Waals surface area contributed by atoms with Crippen LogP contribution in [0.5, 0.6) is 0 Å². The van der Waals surface area contributed by atoms with Crippen molar-refractivity contribution in [3.8, 4) is 0 Å². The maximum atomic E-state index is 13.1. The predicted octanol–water partition coefficient (Wildman–Crippen LogP) is 2.54. The number of halogens is 2. The molecule has 2 aromatic rings. The van der Waals surface area contributed by atoms with Crippen molar-refractivity contribution in [1.82, 2.24) is 16.0 Å². The van der Waals surface area contributed by atoms with Crippen LogP contribution in [0.4, 0.5) is 4.39 Å². The lowest BCUT2D eigenvalue weighted by molar-refractivity contribution is 0.0954. The van der Waals surface area contributed by atoms with Crippen LogP contribution >= 0.6 is 24.0 Å². The molecule has 0 spiro atoms. The highest BCUT2D eigenvalue weighted by Crippen LogP contribution is 2.02. The number of hydrogen-bond acceptors (Lipinski definition) is 2. The van der Waals surface area contributed by atoms with Crippen molar-refractivity contribution < 1.29 is 9.18 Å². The molecule has 2 aromatic carbocycles. The lowest BCUT2D eigenvalue weighted by Crippen LogP contribution is -2.41. The molecule has 1 amide bonds. The molecular formula is C18H22FIN4O. The van der Waals surface area contributed by atoms with Crippen LogP contribution in [0.15, 0.2) is 59.6 Å². The van der Waals surface area contributed by atoms with Gasteiger partial charge in [0.05, 0.1) is 0 Å². The highest BCUT2D eigenvalue weighted by Gasteiger charge is 2.03. The van der Waals surface area contributed by atoms with E-state index in [0.717, 1.165) is 5.56 Å². The van der Waals surface area contributed by atoms with E-state index >= 15 is 0 Å². The second-order valence-corrected chi connectivity index (χ2v) is 5.10. The van der Waals surface area contributed by atoms with Crippen LogP contribution in [-0.4, -0.2) is 32.0 Å². The molecule has 0 saturated carbocycles.